The van der Waals surface area contributed by atoms with E-state index in [-0.39, 0.29) is 12.6 Å². The molecule has 1 atom stereocenters. The normalized spacial score (nSPS) is 12.8. The Hall–Kier alpha value is -1.36. The van der Waals surface area contributed by atoms with Gasteiger partial charge in [0.05, 0.1) is 12.6 Å². The fourth-order valence-electron chi connectivity index (χ4n) is 1.96. The van der Waals surface area contributed by atoms with Crippen LogP contribution in [0.1, 0.15) is 46.1 Å². The maximum absolute atomic E-state index is 9.44. The Kier molecular flexibility index (Phi) is 6.02. The van der Waals surface area contributed by atoms with E-state index in [0.717, 1.165) is 23.7 Å². The molecule has 5 nitrogen and oxygen atoms in total. The third kappa shape index (κ3) is 4.06. The minimum atomic E-state index is 0.00174. The van der Waals surface area contributed by atoms with E-state index in [1.807, 2.05) is 6.92 Å². The second-order valence-electron chi connectivity index (χ2n) is 5.35. The van der Waals surface area contributed by atoms with Crippen molar-refractivity contribution in [1.29, 1.82) is 0 Å². The molecule has 1 heterocycles. The summed E-state index contributed by atoms with van der Waals surface area (Å²) in [5, 5.41) is 16.0. The van der Waals surface area contributed by atoms with E-state index in [9.17, 15) is 5.11 Å². The second-order valence-corrected chi connectivity index (χ2v) is 5.35. The number of hydrogen-bond donors (Lipinski definition) is 3. The van der Waals surface area contributed by atoms with Crippen LogP contribution in [0.5, 0.6) is 0 Å². The lowest BCUT2D eigenvalue weighted by Gasteiger charge is -2.24. The third-order valence-electron chi connectivity index (χ3n) is 3.13. The smallest absolute Gasteiger partial charge is 0.135 e. The first-order chi connectivity index (χ1) is 9.01. The number of aliphatic hydroxyl groups excluding tert-OH is 1. The first-order valence-corrected chi connectivity index (χ1v) is 6.97. The highest BCUT2D eigenvalue weighted by molar-refractivity contribution is 5.59. The zero-order valence-electron chi connectivity index (χ0n) is 12.6. The van der Waals surface area contributed by atoms with Crippen LogP contribution in [-0.4, -0.2) is 34.3 Å². The van der Waals surface area contributed by atoms with Gasteiger partial charge in [-0.25, -0.2) is 9.97 Å². The summed E-state index contributed by atoms with van der Waals surface area (Å²) in [6.07, 6.45) is 1.56. The van der Waals surface area contributed by atoms with Crippen LogP contribution in [0, 0.1) is 5.92 Å². The molecule has 1 rings (SSSR count). The van der Waals surface area contributed by atoms with Crippen LogP contribution in [0.2, 0.25) is 0 Å². The molecule has 1 aromatic rings. The van der Waals surface area contributed by atoms with E-state index in [2.05, 4.69) is 48.3 Å². The van der Waals surface area contributed by atoms with Gasteiger partial charge in [0.1, 0.15) is 18.0 Å². The summed E-state index contributed by atoms with van der Waals surface area (Å²) in [6, 6.07) is 0.00174. The van der Waals surface area contributed by atoms with Gasteiger partial charge in [0.25, 0.3) is 0 Å². The van der Waals surface area contributed by atoms with Crippen molar-refractivity contribution >= 4 is 11.6 Å². The van der Waals surface area contributed by atoms with Crippen LogP contribution in [0.4, 0.5) is 11.6 Å². The highest BCUT2D eigenvalue weighted by Gasteiger charge is 2.19. The Morgan fingerprint density at radius 2 is 1.79 bits per heavy atom. The van der Waals surface area contributed by atoms with Crippen molar-refractivity contribution in [2.75, 3.05) is 23.8 Å². The van der Waals surface area contributed by atoms with Crippen molar-refractivity contribution < 1.29 is 5.11 Å². The standard InChI is InChI=1S/C14H26N4O/c1-6-15-13-12(10(4)5)14(17-8-16-13)18-11(7-19)9(2)3/h8-11,19H,6-7H2,1-5H3,(H2,15,16,17,18)/t11-/m1/s1. The largest absolute Gasteiger partial charge is 0.394 e. The maximum atomic E-state index is 9.44. The predicted molar refractivity (Wildman–Crippen MR) is 79.6 cm³/mol. The molecule has 0 aliphatic carbocycles. The van der Waals surface area contributed by atoms with Gasteiger partial charge in [-0.3, -0.25) is 0 Å². The number of nitrogens with one attached hydrogen (secondary N) is 2. The minimum Gasteiger partial charge on any atom is -0.394 e. The van der Waals surface area contributed by atoms with Gasteiger partial charge in [-0.05, 0) is 18.8 Å². The first-order valence-electron chi connectivity index (χ1n) is 6.97. The topological polar surface area (TPSA) is 70.1 Å². The molecule has 5 heteroatoms. The van der Waals surface area contributed by atoms with Crippen molar-refractivity contribution in [3.63, 3.8) is 0 Å². The van der Waals surface area contributed by atoms with Crippen LogP contribution < -0.4 is 10.6 Å². The molecular weight excluding hydrogens is 240 g/mol. The zero-order valence-corrected chi connectivity index (χ0v) is 12.6. The first kappa shape index (κ1) is 15.7. The molecule has 0 spiro atoms. The maximum Gasteiger partial charge on any atom is 0.135 e. The number of anilines is 2. The number of aromatic nitrogens is 2. The summed E-state index contributed by atoms with van der Waals surface area (Å²) in [7, 11) is 0. The van der Waals surface area contributed by atoms with Crippen molar-refractivity contribution in [3.8, 4) is 0 Å². The Balaban J connectivity index is 3.08. The van der Waals surface area contributed by atoms with Crippen molar-refractivity contribution in [1.82, 2.24) is 9.97 Å². The molecule has 0 amide bonds. The number of aliphatic hydroxyl groups is 1. The summed E-state index contributed by atoms with van der Waals surface area (Å²) in [6.45, 7) is 11.4. The van der Waals surface area contributed by atoms with Gasteiger partial charge in [-0.1, -0.05) is 27.7 Å². The molecule has 3 N–H and O–H groups in total. The molecule has 0 saturated carbocycles. The molecule has 0 aromatic carbocycles. The SMILES string of the molecule is CCNc1ncnc(N[C@H](CO)C(C)C)c1C(C)C. The fourth-order valence-corrected chi connectivity index (χ4v) is 1.96. The van der Waals surface area contributed by atoms with Gasteiger partial charge >= 0.3 is 0 Å². The molecule has 0 bridgehead atoms. The van der Waals surface area contributed by atoms with Gasteiger partial charge in [0, 0.05) is 12.1 Å². The molecule has 108 valence electrons. The van der Waals surface area contributed by atoms with Crippen LogP contribution in [0.25, 0.3) is 0 Å². The monoisotopic (exact) mass is 266 g/mol. The van der Waals surface area contributed by atoms with Gasteiger partial charge in [0.2, 0.25) is 0 Å². The zero-order chi connectivity index (χ0) is 14.4. The summed E-state index contributed by atoms with van der Waals surface area (Å²) < 4.78 is 0. The average molecular weight is 266 g/mol. The van der Waals surface area contributed by atoms with E-state index in [0.29, 0.717) is 11.8 Å². The molecule has 1 aromatic heterocycles. The Morgan fingerprint density at radius 1 is 1.16 bits per heavy atom. The predicted octanol–water partition coefficient (Wildman–Crippen LogP) is 2.46. The highest BCUT2D eigenvalue weighted by atomic mass is 16.3. The second kappa shape index (κ2) is 7.28. The number of nitrogens with zero attached hydrogens (tertiary/aromatic N) is 2. The molecular formula is C14H26N4O. The van der Waals surface area contributed by atoms with Crippen molar-refractivity contribution in [2.24, 2.45) is 5.92 Å². The molecule has 19 heavy (non-hydrogen) atoms. The van der Waals surface area contributed by atoms with Gasteiger partial charge < -0.3 is 15.7 Å². The Morgan fingerprint density at radius 3 is 2.26 bits per heavy atom. The minimum absolute atomic E-state index is 0.00174. The molecule has 0 aliphatic heterocycles. The molecule has 0 aliphatic rings. The molecule has 0 unspecified atom stereocenters. The number of hydrogen-bond acceptors (Lipinski definition) is 5. The fraction of sp³-hybridized carbons (Fsp3) is 0.714. The lowest BCUT2D eigenvalue weighted by atomic mass is 10.0. The van der Waals surface area contributed by atoms with Crippen molar-refractivity contribution in [2.45, 2.75) is 46.6 Å². The molecule has 0 fully saturated rings. The van der Waals surface area contributed by atoms with Gasteiger partial charge in [-0.2, -0.15) is 0 Å². The lowest BCUT2D eigenvalue weighted by molar-refractivity contribution is 0.249. The lowest BCUT2D eigenvalue weighted by Crippen LogP contribution is -2.30. The van der Waals surface area contributed by atoms with Gasteiger partial charge in [0.15, 0.2) is 0 Å². The van der Waals surface area contributed by atoms with E-state index >= 15 is 0 Å². The average Bonchev–Trinajstić information content (AvgIpc) is 2.35. The van der Waals surface area contributed by atoms with E-state index in [1.165, 1.54) is 0 Å². The molecule has 0 saturated heterocycles. The quantitative estimate of drug-likeness (QED) is 0.707. The highest BCUT2D eigenvalue weighted by Crippen LogP contribution is 2.29. The van der Waals surface area contributed by atoms with Crippen molar-refractivity contribution in [3.05, 3.63) is 11.9 Å². The summed E-state index contributed by atoms with van der Waals surface area (Å²) in [5.74, 6) is 2.33. The summed E-state index contributed by atoms with van der Waals surface area (Å²) >= 11 is 0. The van der Waals surface area contributed by atoms with E-state index in [1.54, 1.807) is 6.33 Å². The number of rotatable bonds is 7. The van der Waals surface area contributed by atoms with Gasteiger partial charge in [-0.15, -0.1) is 0 Å². The summed E-state index contributed by atoms with van der Waals surface area (Å²) in [5.41, 5.74) is 1.07. The third-order valence-corrected chi connectivity index (χ3v) is 3.13. The Labute approximate surface area is 115 Å². The Bertz CT molecular complexity index is 393. The van der Waals surface area contributed by atoms with E-state index < -0.39 is 0 Å². The van der Waals surface area contributed by atoms with Crippen LogP contribution in [-0.2, 0) is 0 Å². The van der Waals surface area contributed by atoms with Crippen LogP contribution in [0.15, 0.2) is 6.33 Å². The molecule has 0 radical (unpaired) electrons. The van der Waals surface area contributed by atoms with E-state index in [4.69, 9.17) is 0 Å². The van der Waals surface area contributed by atoms with Crippen LogP contribution in [0.3, 0.4) is 0 Å². The van der Waals surface area contributed by atoms with Crippen LogP contribution >= 0.6 is 0 Å². The summed E-state index contributed by atoms with van der Waals surface area (Å²) in [4.78, 5) is 8.64.